The quantitative estimate of drug-likeness (QED) is 0.781. The molecule has 1 unspecified atom stereocenters. The van der Waals surface area contributed by atoms with Crippen LogP contribution in [0.2, 0.25) is 0 Å². The predicted molar refractivity (Wildman–Crippen MR) is 54.0 cm³/mol. The van der Waals surface area contributed by atoms with Crippen molar-refractivity contribution in [2.45, 2.75) is 18.9 Å². The first-order chi connectivity index (χ1) is 6.79. The Bertz CT molecular complexity index is 327. The fourth-order valence-corrected chi connectivity index (χ4v) is 1.86. The Morgan fingerprint density at radius 2 is 2.43 bits per heavy atom. The van der Waals surface area contributed by atoms with Gasteiger partial charge in [-0.3, -0.25) is 0 Å². The molecular weight excluding hydrogens is 181 g/mol. The molecule has 76 valence electrons. The summed E-state index contributed by atoms with van der Waals surface area (Å²) in [4.78, 5) is 0. The summed E-state index contributed by atoms with van der Waals surface area (Å²) >= 11 is 0. The third kappa shape index (κ3) is 1.87. The summed E-state index contributed by atoms with van der Waals surface area (Å²) in [7, 11) is 1.70. The van der Waals surface area contributed by atoms with E-state index in [0.717, 1.165) is 24.1 Å². The van der Waals surface area contributed by atoms with Crippen molar-refractivity contribution in [2.75, 3.05) is 19.0 Å². The summed E-state index contributed by atoms with van der Waals surface area (Å²) in [5.74, 6) is -0.157. The van der Waals surface area contributed by atoms with E-state index in [1.807, 2.05) is 0 Å². The molecule has 0 saturated heterocycles. The molecule has 1 atom stereocenters. The number of benzene rings is 1. The highest BCUT2D eigenvalue weighted by molar-refractivity contribution is 5.53. The Balaban J connectivity index is 2.15. The molecule has 3 heteroatoms. The topological polar surface area (TPSA) is 21.3 Å². The van der Waals surface area contributed by atoms with Gasteiger partial charge in [-0.25, -0.2) is 4.39 Å². The van der Waals surface area contributed by atoms with Crippen LogP contribution in [0.15, 0.2) is 18.2 Å². The van der Waals surface area contributed by atoms with Crippen molar-refractivity contribution in [2.24, 2.45) is 0 Å². The number of nitrogens with one attached hydrogen (secondary N) is 1. The van der Waals surface area contributed by atoms with Gasteiger partial charge in [0.2, 0.25) is 0 Å². The van der Waals surface area contributed by atoms with Gasteiger partial charge < -0.3 is 10.1 Å². The minimum Gasteiger partial charge on any atom is -0.383 e. The molecule has 2 nitrogen and oxygen atoms in total. The number of aryl methyl sites for hydroxylation is 1. The minimum absolute atomic E-state index is 0.157. The lowest BCUT2D eigenvalue weighted by atomic mass is 9.98. The van der Waals surface area contributed by atoms with E-state index >= 15 is 0 Å². The summed E-state index contributed by atoms with van der Waals surface area (Å²) in [6, 6.07) is 5.25. The van der Waals surface area contributed by atoms with E-state index in [1.54, 1.807) is 19.2 Å². The van der Waals surface area contributed by atoms with Crippen molar-refractivity contribution < 1.29 is 9.13 Å². The second kappa shape index (κ2) is 3.96. The van der Waals surface area contributed by atoms with Crippen molar-refractivity contribution in [1.82, 2.24) is 0 Å². The van der Waals surface area contributed by atoms with Gasteiger partial charge in [0.25, 0.3) is 0 Å². The Hall–Kier alpha value is -1.09. The molecule has 0 aromatic heterocycles. The van der Waals surface area contributed by atoms with Crippen molar-refractivity contribution >= 4 is 5.69 Å². The van der Waals surface area contributed by atoms with Gasteiger partial charge in [0.1, 0.15) is 5.82 Å². The largest absolute Gasteiger partial charge is 0.383 e. The molecule has 1 heterocycles. The zero-order chi connectivity index (χ0) is 9.97. The molecule has 1 aliphatic rings. The van der Waals surface area contributed by atoms with Crippen LogP contribution in [0.25, 0.3) is 0 Å². The van der Waals surface area contributed by atoms with Crippen molar-refractivity contribution in [1.29, 1.82) is 0 Å². The number of halogens is 1. The zero-order valence-corrected chi connectivity index (χ0v) is 8.22. The third-order valence-corrected chi connectivity index (χ3v) is 2.56. The van der Waals surface area contributed by atoms with E-state index in [-0.39, 0.29) is 5.82 Å². The molecule has 0 spiro atoms. The molecule has 0 saturated carbocycles. The summed E-state index contributed by atoms with van der Waals surface area (Å²) in [5, 5.41) is 3.33. The standard InChI is InChI=1S/C11H14FNO/c1-14-7-10-4-2-8-6-9(12)3-5-11(8)13-10/h3,5-6,10,13H,2,4,7H2,1H3. The van der Waals surface area contributed by atoms with Crippen LogP contribution in [0.5, 0.6) is 0 Å². The van der Waals surface area contributed by atoms with Gasteiger partial charge in [0, 0.05) is 18.8 Å². The Morgan fingerprint density at radius 3 is 3.21 bits per heavy atom. The van der Waals surface area contributed by atoms with Gasteiger partial charge in [-0.05, 0) is 36.6 Å². The molecule has 0 aliphatic carbocycles. The highest BCUT2D eigenvalue weighted by atomic mass is 19.1. The van der Waals surface area contributed by atoms with E-state index in [9.17, 15) is 4.39 Å². The number of ether oxygens (including phenoxy) is 1. The molecule has 1 aromatic rings. The summed E-state index contributed by atoms with van der Waals surface area (Å²) in [5.41, 5.74) is 2.11. The molecule has 0 bridgehead atoms. The van der Waals surface area contributed by atoms with Gasteiger partial charge in [-0.15, -0.1) is 0 Å². The van der Waals surface area contributed by atoms with Crippen LogP contribution in [0.1, 0.15) is 12.0 Å². The Morgan fingerprint density at radius 1 is 1.57 bits per heavy atom. The minimum atomic E-state index is -0.157. The maximum absolute atomic E-state index is 12.9. The summed E-state index contributed by atoms with van der Waals surface area (Å²) < 4.78 is 18.0. The molecule has 1 aromatic carbocycles. The summed E-state index contributed by atoms with van der Waals surface area (Å²) in [6.07, 6.45) is 1.93. The van der Waals surface area contributed by atoms with Gasteiger partial charge in [-0.1, -0.05) is 0 Å². The van der Waals surface area contributed by atoms with E-state index in [2.05, 4.69) is 5.32 Å². The highest BCUT2D eigenvalue weighted by Gasteiger charge is 2.17. The van der Waals surface area contributed by atoms with Gasteiger partial charge in [0.15, 0.2) is 0 Å². The lowest BCUT2D eigenvalue weighted by Crippen LogP contribution is -2.29. The maximum atomic E-state index is 12.9. The number of fused-ring (bicyclic) bond motifs is 1. The normalized spacial score (nSPS) is 20.0. The Labute approximate surface area is 83.1 Å². The highest BCUT2D eigenvalue weighted by Crippen LogP contribution is 2.25. The van der Waals surface area contributed by atoms with E-state index < -0.39 is 0 Å². The lowest BCUT2D eigenvalue weighted by Gasteiger charge is -2.26. The average Bonchev–Trinajstić information content (AvgIpc) is 2.19. The van der Waals surface area contributed by atoms with Crippen LogP contribution >= 0.6 is 0 Å². The molecular formula is C11H14FNO. The molecule has 0 radical (unpaired) electrons. The second-order valence-corrected chi connectivity index (χ2v) is 3.64. The zero-order valence-electron chi connectivity index (χ0n) is 8.22. The van der Waals surface area contributed by atoms with Gasteiger partial charge in [0.05, 0.1) is 6.61 Å². The number of anilines is 1. The molecule has 0 amide bonds. The molecule has 0 fully saturated rings. The second-order valence-electron chi connectivity index (χ2n) is 3.64. The molecule has 1 aliphatic heterocycles. The Kier molecular flexibility index (Phi) is 2.68. The number of hydrogen-bond acceptors (Lipinski definition) is 2. The monoisotopic (exact) mass is 195 g/mol. The molecule has 14 heavy (non-hydrogen) atoms. The number of methoxy groups -OCH3 is 1. The van der Waals surface area contributed by atoms with Crippen LogP contribution in [-0.2, 0) is 11.2 Å². The molecule has 1 N–H and O–H groups in total. The van der Waals surface area contributed by atoms with Gasteiger partial charge in [-0.2, -0.15) is 0 Å². The van der Waals surface area contributed by atoms with Crippen LogP contribution in [0, 0.1) is 5.82 Å². The van der Waals surface area contributed by atoms with Gasteiger partial charge >= 0.3 is 0 Å². The van der Waals surface area contributed by atoms with Crippen LogP contribution < -0.4 is 5.32 Å². The number of rotatable bonds is 2. The smallest absolute Gasteiger partial charge is 0.123 e. The lowest BCUT2D eigenvalue weighted by molar-refractivity contribution is 0.182. The average molecular weight is 195 g/mol. The first kappa shape index (κ1) is 9.46. The molecule has 2 rings (SSSR count). The van der Waals surface area contributed by atoms with E-state index in [0.29, 0.717) is 12.6 Å². The van der Waals surface area contributed by atoms with Crippen molar-refractivity contribution in [3.8, 4) is 0 Å². The van der Waals surface area contributed by atoms with Crippen molar-refractivity contribution in [3.05, 3.63) is 29.6 Å². The van der Waals surface area contributed by atoms with Crippen LogP contribution in [0.3, 0.4) is 0 Å². The van der Waals surface area contributed by atoms with E-state index in [4.69, 9.17) is 4.74 Å². The fourth-order valence-electron chi connectivity index (χ4n) is 1.86. The summed E-state index contributed by atoms with van der Waals surface area (Å²) in [6.45, 7) is 0.705. The van der Waals surface area contributed by atoms with Crippen LogP contribution in [-0.4, -0.2) is 19.8 Å². The van der Waals surface area contributed by atoms with E-state index in [1.165, 1.54) is 6.07 Å². The third-order valence-electron chi connectivity index (χ3n) is 2.56. The first-order valence-corrected chi connectivity index (χ1v) is 4.83. The first-order valence-electron chi connectivity index (χ1n) is 4.83. The van der Waals surface area contributed by atoms with Crippen molar-refractivity contribution in [3.63, 3.8) is 0 Å². The maximum Gasteiger partial charge on any atom is 0.123 e. The van der Waals surface area contributed by atoms with Crippen LogP contribution in [0.4, 0.5) is 10.1 Å². The fraction of sp³-hybridized carbons (Fsp3) is 0.455. The SMILES string of the molecule is COCC1CCc2cc(F)ccc2N1. The number of hydrogen-bond donors (Lipinski definition) is 1. The predicted octanol–water partition coefficient (Wildman–Crippen LogP) is 2.20.